The molecule has 1 amide bonds. The fourth-order valence-electron chi connectivity index (χ4n) is 2.10. The smallest absolute Gasteiger partial charge is 0.229 e. The molecule has 0 fully saturated rings. The molecule has 0 aliphatic carbocycles. The first-order chi connectivity index (χ1) is 8.63. The lowest BCUT2D eigenvalue weighted by atomic mass is 9.95. The van der Waals surface area contributed by atoms with Crippen molar-refractivity contribution in [3.8, 4) is 5.75 Å². The summed E-state index contributed by atoms with van der Waals surface area (Å²) in [6, 6.07) is 7.93. The lowest BCUT2D eigenvalue weighted by Gasteiger charge is -2.30. The van der Waals surface area contributed by atoms with Crippen LogP contribution in [0, 0.1) is 5.92 Å². The van der Waals surface area contributed by atoms with E-state index in [4.69, 9.17) is 16.3 Å². The zero-order valence-corrected chi connectivity index (χ0v) is 11.5. The molecule has 0 saturated heterocycles. The van der Waals surface area contributed by atoms with Crippen molar-refractivity contribution in [3.05, 3.63) is 29.8 Å². The highest BCUT2D eigenvalue weighted by atomic mass is 35.5. The predicted octanol–water partition coefficient (Wildman–Crippen LogP) is 2.32. The zero-order chi connectivity index (χ0) is 13.1. The van der Waals surface area contributed by atoms with Crippen molar-refractivity contribution in [3.63, 3.8) is 0 Å². The molecule has 1 aromatic rings. The lowest BCUT2D eigenvalue weighted by Crippen LogP contribution is -2.43. The average molecular weight is 268 g/mol. The van der Waals surface area contributed by atoms with Crippen LogP contribution >= 0.6 is 11.6 Å². The largest absolute Gasteiger partial charge is 0.492 e. The number of hydrogen-bond acceptors (Lipinski definition) is 2. The standard InChI is InChI=1S/C14H18ClNO2/c1-10(8-15)16(2)14(17)12-7-11-5-3-4-6-13(11)18-9-12/h3-6,10,12H,7-9H2,1-2H3. The van der Waals surface area contributed by atoms with Crippen LogP contribution in [0.25, 0.3) is 0 Å². The van der Waals surface area contributed by atoms with E-state index in [2.05, 4.69) is 0 Å². The van der Waals surface area contributed by atoms with Gasteiger partial charge in [-0.05, 0) is 25.0 Å². The SMILES string of the molecule is CC(CCl)N(C)C(=O)C1COc2ccccc2C1. The second kappa shape index (κ2) is 5.61. The van der Waals surface area contributed by atoms with Gasteiger partial charge in [0, 0.05) is 19.0 Å². The van der Waals surface area contributed by atoms with Crippen LogP contribution in [0.2, 0.25) is 0 Å². The predicted molar refractivity (Wildman–Crippen MR) is 72.1 cm³/mol. The molecule has 1 aliphatic rings. The number of halogens is 1. The number of benzene rings is 1. The molecule has 3 nitrogen and oxygen atoms in total. The second-order valence-electron chi connectivity index (χ2n) is 4.77. The molecule has 2 rings (SSSR count). The van der Waals surface area contributed by atoms with E-state index in [1.807, 2.05) is 31.2 Å². The Hall–Kier alpha value is -1.22. The number of fused-ring (bicyclic) bond motifs is 1. The number of alkyl halides is 1. The van der Waals surface area contributed by atoms with E-state index in [1.54, 1.807) is 11.9 Å². The minimum atomic E-state index is -0.101. The molecule has 0 bridgehead atoms. The summed E-state index contributed by atoms with van der Waals surface area (Å²) in [5, 5.41) is 0. The van der Waals surface area contributed by atoms with Crippen molar-refractivity contribution < 1.29 is 9.53 Å². The van der Waals surface area contributed by atoms with Crippen LogP contribution in [-0.2, 0) is 11.2 Å². The van der Waals surface area contributed by atoms with Gasteiger partial charge in [-0.1, -0.05) is 18.2 Å². The molecule has 1 aliphatic heterocycles. The van der Waals surface area contributed by atoms with E-state index >= 15 is 0 Å². The summed E-state index contributed by atoms with van der Waals surface area (Å²) < 4.78 is 5.64. The van der Waals surface area contributed by atoms with Gasteiger partial charge in [0.15, 0.2) is 0 Å². The van der Waals surface area contributed by atoms with E-state index in [1.165, 1.54) is 0 Å². The molecule has 2 atom stereocenters. The number of para-hydroxylation sites is 1. The summed E-state index contributed by atoms with van der Waals surface area (Å²) in [5.74, 6) is 1.36. The Kier molecular flexibility index (Phi) is 4.12. The molecule has 0 aromatic heterocycles. The molecule has 18 heavy (non-hydrogen) atoms. The zero-order valence-electron chi connectivity index (χ0n) is 10.7. The maximum Gasteiger partial charge on any atom is 0.229 e. The van der Waals surface area contributed by atoms with Crippen molar-refractivity contribution in [1.82, 2.24) is 4.90 Å². The Labute approximate surface area is 113 Å². The fraction of sp³-hybridized carbons (Fsp3) is 0.500. The monoisotopic (exact) mass is 267 g/mol. The van der Waals surface area contributed by atoms with Gasteiger partial charge in [-0.15, -0.1) is 11.6 Å². The summed E-state index contributed by atoms with van der Waals surface area (Å²) in [4.78, 5) is 14.0. The fourth-order valence-corrected chi connectivity index (χ4v) is 2.30. The van der Waals surface area contributed by atoms with Crippen LogP contribution in [-0.4, -0.2) is 36.4 Å². The van der Waals surface area contributed by atoms with E-state index in [0.717, 1.165) is 17.7 Å². The Morgan fingerprint density at radius 1 is 1.56 bits per heavy atom. The van der Waals surface area contributed by atoms with E-state index in [0.29, 0.717) is 12.5 Å². The van der Waals surface area contributed by atoms with Crippen LogP contribution in [0.3, 0.4) is 0 Å². The average Bonchev–Trinajstić information content (AvgIpc) is 2.44. The molecule has 0 N–H and O–H groups in total. The first-order valence-corrected chi connectivity index (χ1v) is 6.70. The maximum absolute atomic E-state index is 12.3. The lowest BCUT2D eigenvalue weighted by molar-refractivity contribution is -0.137. The Bertz CT molecular complexity index is 436. The molecule has 0 saturated carbocycles. The summed E-state index contributed by atoms with van der Waals surface area (Å²) in [5.41, 5.74) is 1.11. The minimum Gasteiger partial charge on any atom is -0.492 e. The van der Waals surface area contributed by atoms with Crippen LogP contribution in [0.4, 0.5) is 0 Å². The number of amides is 1. The number of carbonyl (C=O) groups is 1. The van der Waals surface area contributed by atoms with Gasteiger partial charge < -0.3 is 9.64 Å². The third kappa shape index (κ3) is 2.61. The second-order valence-corrected chi connectivity index (χ2v) is 5.08. The van der Waals surface area contributed by atoms with Gasteiger partial charge >= 0.3 is 0 Å². The third-order valence-electron chi connectivity index (χ3n) is 3.46. The van der Waals surface area contributed by atoms with Gasteiger partial charge in [0.1, 0.15) is 12.4 Å². The number of carbonyl (C=O) groups excluding carboxylic acids is 1. The molecule has 1 aromatic carbocycles. The summed E-state index contributed by atoms with van der Waals surface area (Å²) in [7, 11) is 1.80. The van der Waals surface area contributed by atoms with Crippen molar-refractivity contribution in [2.75, 3.05) is 19.5 Å². The van der Waals surface area contributed by atoms with Crippen LogP contribution in [0.5, 0.6) is 5.75 Å². The van der Waals surface area contributed by atoms with Crippen molar-refractivity contribution in [2.24, 2.45) is 5.92 Å². The summed E-state index contributed by atoms with van der Waals surface area (Å²) in [6.45, 7) is 2.40. The molecular weight excluding hydrogens is 250 g/mol. The van der Waals surface area contributed by atoms with Gasteiger partial charge in [-0.25, -0.2) is 0 Å². The molecular formula is C14H18ClNO2. The Morgan fingerprint density at radius 2 is 2.28 bits per heavy atom. The Morgan fingerprint density at radius 3 is 3.00 bits per heavy atom. The molecule has 4 heteroatoms. The van der Waals surface area contributed by atoms with E-state index < -0.39 is 0 Å². The van der Waals surface area contributed by atoms with Crippen molar-refractivity contribution >= 4 is 17.5 Å². The third-order valence-corrected chi connectivity index (χ3v) is 3.91. The van der Waals surface area contributed by atoms with Gasteiger partial charge in [0.2, 0.25) is 5.91 Å². The van der Waals surface area contributed by atoms with E-state index in [9.17, 15) is 4.79 Å². The number of nitrogens with zero attached hydrogens (tertiary/aromatic N) is 1. The molecule has 98 valence electrons. The van der Waals surface area contributed by atoms with Gasteiger partial charge in [0.25, 0.3) is 0 Å². The van der Waals surface area contributed by atoms with Gasteiger partial charge in [-0.2, -0.15) is 0 Å². The molecule has 1 heterocycles. The summed E-state index contributed by atoms with van der Waals surface area (Å²) in [6.07, 6.45) is 0.744. The van der Waals surface area contributed by atoms with Gasteiger partial charge in [0.05, 0.1) is 5.92 Å². The van der Waals surface area contributed by atoms with Crippen LogP contribution in [0.15, 0.2) is 24.3 Å². The number of hydrogen-bond donors (Lipinski definition) is 0. The first-order valence-electron chi connectivity index (χ1n) is 6.16. The minimum absolute atomic E-state index is 0.0522. The summed E-state index contributed by atoms with van der Waals surface area (Å²) >= 11 is 5.79. The highest BCUT2D eigenvalue weighted by Crippen LogP contribution is 2.27. The highest BCUT2D eigenvalue weighted by Gasteiger charge is 2.29. The topological polar surface area (TPSA) is 29.5 Å². The van der Waals surface area contributed by atoms with Crippen LogP contribution < -0.4 is 4.74 Å². The molecule has 0 spiro atoms. The molecule has 2 unspecified atom stereocenters. The highest BCUT2D eigenvalue weighted by molar-refractivity contribution is 6.18. The van der Waals surface area contributed by atoms with Crippen molar-refractivity contribution in [1.29, 1.82) is 0 Å². The number of ether oxygens (including phenoxy) is 1. The molecule has 0 radical (unpaired) electrons. The maximum atomic E-state index is 12.3. The van der Waals surface area contributed by atoms with E-state index in [-0.39, 0.29) is 17.9 Å². The first kappa shape index (κ1) is 13.2. The normalized spacial score (nSPS) is 19.6. The number of rotatable bonds is 3. The van der Waals surface area contributed by atoms with Crippen molar-refractivity contribution in [2.45, 2.75) is 19.4 Å². The quantitative estimate of drug-likeness (QED) is 0.787. The van der Waals surface area contributed by atoms with Crippen LogP contribution in [0.1, 0.15) is 12.5 Å². The Balaban J connectivity index is 2.07. The van der Waals surface area contributed by atoms with Gasteiger partial charge in [-0.3, -0.25) is 4.79 Å².